The molecule has 2 atom stereocenters. The van der Waals surface area contributed by atoms with E-state index in [0.717, 1.165) is 10.0 Å². The first-order valence-electron chi connectivity index (χ1n) is 10.4. The third kappa shape index (κ3) is 2.99. The molecule has 2 aromatic rings. The highest BCUT2D eigenvalue weighted by Crippen LogP contribution is 2.55. The average Bonchev–Trinajstić information content (AvgIpc) is 3.19. The van der Waals surface area contributed by atoms with Crippen LogP contribution in [0.5, 0.6) is 0 Å². The first-order valence-corrected chi connectivity index (χ1v) is 11.2. The molecule has 0 radical (unpaired) electrons. The summed E-state index contributed by atoms with van der Waals surface area (Å²) in [5.41, 5.74) is 1.19. The summed E-state index contributed by atoms with van der Waals surface area (Å²) in [4.78, 5) is 27.3. The van der Waals surface area contributed by atoms with Gasteiger partial charge in [-0.2, -0.15) is 10.1 Å². The number of carbonyl (C=O) groups is 2. The molecular formula is C25H23BrN2O3. The van der Waals surface area contributed by atoms with Crippen LogP contribution in [0.25, 0.3) is 0 Å². The topological polar surface area (TPSA) is 59.0 Å². The molecular weight excluding hydrogens is 456 g/mol. The molecule has 1 aliphatic carbocycles. The third-order valence-electron chi connectivity index (χ3n) is 6.36. The number of hydrogen-bond donors (Lipinski definition) is 0. The first-order chi connectivity index (χ1) is 14.7. The Labute approximate surface area is 189 Å². The van der Waals surface area contributed by atoms with Crippen LogP contribution in [0, 0.1) is 5.41 Å². The van der Waals surface area contributed by atoms with E-state index in [-0.39, 0.29) is 17.1 Å². The summed E-state index contributed by atoms with van der Waals surface area (Å²) in [5, 5.41) is 6.03. The lowest BCUT2D eigenvalue weighted by molar-refractivity contribution is -0.130. The standard InChI is InChI=1S/C25H23BrN2O3/c1-15-25(23(30)28(27-15)18-7-5-4-6-8-18)22(16-9-11-17(26)12-10-16)21-19(29)13-24(2,3)14-20(21)31-25/h4-12,22H,13-14H2,1-3H3/t22-,25-/m0/s1. The van der Waals surface area contributed by atoms with E-state index in [2.05, 4.69) is 34.9 Å². The van der Waals surface area contributed by atoms with Gasteiger partial charge in [0.2, 0.25) is 5.60 Å². The number of carbonyl (C=O) groups excluding carboxylic acids is 2. The van der Waals surface area contributed by atoms with Crippen LogP contribution in [0.2, 0.25) is 0 Å². The number of allylic oxidation sites excluding steroid dienone is 1. The van der Waals surface area contributed by atoms with Crippen LogP contribution in [-0.4, -0.2) is 23.0 Å². The normalized spacial score (nSPS) is 26.9. The predicted molar refractivity (Wildman–Crippen MR) is 123 cm³/mol. The van der Waals surface area contributed by atoms with Crippen LogP contribution in [0.3, 0.4) is 0 Å². The Morgan fingerprint density at radius 3 is 2.39 bits per heavy atom. The Bertz CT molecular complexity index is 1150. The fourth-order valence-electron chi connectivity index (χ4n) is 4.98. The number of hydrazone groups is 1. The summed E-state index contributed by atoms with van der Waals surface area (Å²) in [6.07, 6.45) is 1.06. The van der Waals surface area contributed by atoms with Crippen molar-refractivity contribution in [1.82, 2.24) is 0 Å². The van der Waals surface area contributed by atoms with Gasteiger partial charge in [0.1, 0.15) is 5.76 Å². The number of ether oxygens (including phenoxy) is 1. The molecule has 6 heteroatoms. The maximum absolute atomic E-state index is 13.9. The minimum Gasteiger partial charge on any atom is -0.474 e. The summed E-state index contributed by atoms with van der Waals surface area (Å²) in [5.74, 6) is -0.102. The van der Waals surface area contributed by atoms with Gasteiger partial charge in [-0.05, 0) is 42.2 Å². The predicted octanol–water partition coefficient (Wildman–Crippen LogP) is 5.37. The second-order valence-electron chi connectivity index (χ2n) is 9.24. The molecule has 0 N–H and O–H groups in total. The Hall–Kier alpha value is -2.73. The lowest BCUT2D eigenvalue weighted by atomic mass is 9.69. The molecule has 5 rings (SSSR count). The fourth-order valence-corrected chi connectivity index (χ4v) is 5.24. The van der Waals surface area contributed by atoms with Crippen molar-refractivity contribution in [3.05, 3.63) is 76.0 Å². The number of nitrogens with zero attached hydrogens (tertiary/aromatic N) is 2. The van der Waals surface area contributed by atoms with E-state index >= 15 is 0 Å². The maximum atomic E-state index is 13.9. The van der Waals surface area contributed by atoms with E-state index in [9.17, 15) is 9.59 Å². The van der Waals surface area contributed by atoms with Crippen LogP contribution < -0.4 is 5.01 Å². The summed E-state index contributed by atoms with van der Waals surface area (Å²) < 4.78 is 7.45. The molecule has 31 heavy (non-hydrogen) atoms. The van der Waals surface area contributed by atoms with Crippen molar-refractivity contribution in [2.24, 2.45) is 10.5 Å². The number of para-hydroxylation sites is 1. The van der Waals surface area contributed by atoms with E-state index < -0.39 is 11.5 Å². The third-order valence-corrected chi connectivity index (χ3v) is 6.89. The van der Waals surface area contributed by atoms with Crippen LogP contribution in [0.4, 0.5) is 5.69 Å². The maximum Gasteiger partial charge on any atom is 0.298 e. The molecule has 1 spiro atoms. The molecule has 5 nitrogen and oxygen atoms in total. The zero-order valence-electron chi connectivity index (χ0n) is 17.7. The highest BCUT2D eigenvalue weighted by atomic mass is 79.9. The molecule has 0 aromatic heterocycles. The molecule has 2 aliphatic heterocycles. The van der Waals surface area contributed by atoms with Crippen LogP contribution >= 0.6 is 15.9 Å². The largest absolute Gasteiger partial charge is 0.474 e. The van der Waals surface area contributed by atoms with E-state index in [1.54, 1.807) is 0 Å². The van der Waals surface area contributed by atoms with Gasteiger partial charge in [0.25, 0.3) is 5.91 Å². The Morgan fingerprint density at radius 2 is 1.71 bits per heavy atom. The van der Waals surface area contributed by atoms with Gasteiger partial charge in [-0.25, -0.2) is 0 Å². The van der Waals surface area contributed by atoms with Crippen molar-refractivity contribution in [3.8, 4) is 0 Å². The van der Waals surface area contributed by atoms with Gasteiger partial charge >= 0.3 is 0 Å². The van der Waals surface area contributed by atoms with Crippen molar-refractivity contribution < 1.29 is 14.3 Å². The van der Waals surface area contributed by atoms with Crippen molar-refractivity contribution in [1.29, 1.82) is 0 Å². The summed E-state index contributed by atoms with van der Waals surface area (Å²) >= 11 is 3.48. The molecule has 0 saturated heterocycles. The minimum atomic E-state index is -1.34. The fraction of sp³-hybridized carbons (Fsp3) is 0.320. The second kappa shape index (κ2) is 6.89. The van der Waals surface area contributed by atoms with E-state index in [1.807, 2.05) is 61.5 Å². The number of Topliss-reactive ketones (excluding diaryl/α,β-unsaturated/α-hetero) is 1. The summed E-state index contributed by atoms with van der Waals surface area (Å²) in [6.45, 7) is 5.94. The van der Waals surface area contributed by atoms with Gasteiger partial charge in [0, 0.05) is 22.9 Å². The summed E-state index contributed by atoms with van der Waals surface area (Å²) in [7, 11) is 0. The van der Waals surface area contributed by atoms with Crippen LogP contribution in [0.15, 0.2) is 75.5 Å². The molecule has 3 aliphatic rings. The highest BCUT2D eigenvalue weighted by molar-refractivity contribution is 9.10. The molecule has 1 amide bonds. The molecule has 0 fully saturated rings. The number of benzene rings is 2. The second-order valence-corrected chi connectivity index (χ2v) is 10.2. The highest BCUT2D eigenvalue weighted by Gasteiger charge is 2.65. The Balaban J connectivity index is 1.68. The molecule has 158 valence electrons. The zero-order chi connectivity index (χ0) is 22.0. The lowest BCUT2D eigenvalue weighted by Crippen LogP contribution is -2.50. The van der Waals surface area contributed by atoms with Crippen LogP contribution in [0.1, 0.15) is 45.1 Å². The molecule has 0 bridgehead atoms. The van der Waals surface area contributed by atoms with E-state index in [0.29, 0.717) is 35.6 Å². The van der Waals surface area contributed by atoms with Crippen molar-refractivity contribution >= 4 is 39.0 Å². The Morgan fingerprint density at radius 1 is 1.03 bits per heavy atom. The molecule has 0 saturated carbocycles. The van der Waals surface area contributed by atoms with E-state index in [1.165, 1.54) is 5.01 Å². The number of amides is 1. The van der Waals surface area contributed by atoms with Crippen molar-refractivity contribution in [3.63, 3.8) is 0 Å². The Kier molecular flexibility index (Phi) is 4.49. The molecule has 2 heterocycles. The smallest absolute Gasteiger partial charge is 0.298 e. The molecule has 2 aromatic carbocycles. The zero-order valence-corrected chi connectivity index (χ0v) is 19.3. The SMILES string of the molecule is CC1=NN(c2ccccc2)C(=O)[C@]12OC1=C(C(=O)CC(C)(C)C1)[C@@H]2c1ccc(Br)cc1. The van der Waals surface area contributed by atoms with Gasteiger partial charge in [-0.3, -0.25) is 9.59 Å². The molecule has 0 unspecified atom stereocenters. The van der Waals surface area contributed by atoms with Gasteiger partial charge in [0.05, 0.1) is 17.3 Å². The summed E-state index contributed by atoms with van der Waals surface area (Å²) in [6, 6.07) is 17.1. The number of hydrogen-bond acceptors (Lipinski definition) is 4. The van der Waals surface area contributed by atoms with E-state index in [4.69, 9.17) is 4.74 Å². The quantitative estimate of drug-likeness (QED) is 0.582. The van der Waals surface area contributed by atoms with Crippen LogP contribution in [-0.2, 0) is 14.3 Å². The van der Waals surface area contributed by atoms with Gasteiger partial charge in [0.15, 0.2) is 5.78 Å². The first kappa shape index (κ1) is 20.2. The number of anilines is 1. The number of ketones is 1. The van der Waals surface area contributed by atoms with Gasteiger partial charge in [-0.15, -0.1) is 0 Å². The monoisotopic (exact) mass is 478 g/mol. The van der Waals surface area contributed by atoms with Gasteiger partial charge in [-0.1, -0.05) is 60.1 Å². The van der Waals surface area contributed by atoms with Crippen molar-refractivity contribution in [2.75, 3.05) is 5.01 Å². The number of halogens is 1. The minimum absolute atomic E-state index is 0.0507. The lowest BCUT2D eigenvalue weighted by Gasteiger charge is -2.30. The average molecular weight is 479 g/mol. The van der Waals surface area contributed by atoms with Crippen molar-refractivity contribution in [2.45, 2.75) is 45.1 Å². The number of rotatable bonds is 2. The van der Waals surface area contributed by atoms with Gasteiger partial charge < -0.3 is 4.74 Å².